The van der Waals surface area contributed by atoms with Crippen LogP contribution >= 0.6 is 12.4 Å². The van der Waals surface area contributed by atoms with Gasteiger partial charge >= 0.3 is 0 Å². The SMILES string of the molecule is CNCCC1CCN(C(=O)c2ccc(=O)n(Cc3ccccc3)n2)CC1.Cl. The smallest absolute Gasteiger partial charge is 0.274 e. The Hall–Kier alpha value is -2.18. The van der Waals surface area contributed by atoms with Gasteiger partial charge in [-0.3, -0.25) is 9.59 Å². The molecule has 0 atom stereocenters. The van der Waals surface area contributed by atoms with Gasteiger partial charge in [-0.15, -0.1) is 12.4 Å². The average molecular weight is 391 g/mol. The number of amides is 1. The molecule has 1 amide bonds. The van der Waals surface area contributed by atoms with Gasteiger partial charge in [-0.1, -0.05) is 30.3 Å². The molecule has 7 heteroatoms. The number of nitrogens with one attached hydrogen (secondary N) is 1. The zero-order chi connectivity index (χ0) is 18.4. The minimum absolute atomic E-state index is 0. The molecule has 0 saturated carbocycles. The third-order valence-corrected chi connectivity index (χ3v) is 4.97. The Morgan fingerprint density at radius 2 is 1.85 bits per heavy atom. The van der Waals surface area contributed by atoms with E-state index in [0.717, 1.165) is 44.5 Å². The lowest BCUT2D eigenvalue weighted by Gasteiger charge is -2.31. The molecule has 1 aliphatic heterocycles. The normalized spacial score (nSPS) is 14.6. The minimum atomic E-state index is -0.198. The van der Waals surface area contributed by atoms with Crippen molar-refractivity contribution in [1.29, 1.82) is 0 Å². The van der Waals surface area contributed by atoms with Crippen molar-refractivity contribution in [3.8, 4) is 0 Å². The predicted molar refractivity (Wildman–Crippen MR) is 108 cm³/mol. The largest absolute Gasteiger partial charge is 0.337 e. The number of halogens is 1. The maximum absolute atomic E-state index is 12.8. The molecule has 2 heterocycles. The molecule has 27 heavy (non-hydrogen) atoms. The summed E-state index contributed by atoms with van der Waals surface area (Å²) in [7, 11) is 1.97. The Kier molecular flexibility index (Phi) is 8.00. The van der Waals surface area contributed by atoms with Gasteiger partial charge in [0.25, 0.3) is 11.5 Å². The fourth-order valence-electron chi connectivity index (χ4n) is 3.37. The third-order valence-electron chi connectivity index (χ3n) is 4.97. The van der Waals surface area contributed by atoms with Crippen molar-refractivity contribution in [1.82, 2.24) is 20.0 Å². The van der Waals surface area contributed by atoms with Gasteiger partial charge < -0.3 is 10.2 Å². The van der Waals surface area contributed by atoms with Gasteiger partial charge in [0.05, 0.1) is 6.54 Å². The van der Waals surface area contributed by atoms with Crippen molar-refractivity contribution in [2.45, 2.75) is 25.8 Å². The maximum atomic E-state index is 12.8. The lowest BCUT2D eigenvalue weighted by atomic mass is 9.93. The minimum Gasteiger partial charge on any atom is -0.337 e. The molecule has 1 fully saturated rings. The van der Waals surface area contributed by atoms with Gasteiger partial charge in [0.1, 0.15) is 5.69 Å². The molecule has 0 unspecified atom stereocenters. The average Bonchev–Trinajstić information content (AvgIpc) is 2.69. The highest BCUT2D eigenvalue weighted by molar-refractivity contribution is 5.92. The quantitative estimate of drug-likeness (QED) is 0.820. The molecule has 0 spiro atoms. The molecule has 0 bridgehead atoms. The van der Waals surface area contributed by atoms with Gasteiger partial charge in [0, 0.05) is 19.2 Å². The Morgan fingerprint density at radius 3 is 2.52 bits per heavy atom. The second kappa shape index (κ2) is 10.2. The predicted octanol–water partition coefficient (Wildman–Crippen LogP) is 2.18. The summed E-state index contributed by atoms with van der Waals surface area (Å²) in [5, 5.41) is 7.50. The van der Waals surface area contributed by atoms with Gasteiger partial charge in [-0.25, -0.2) is 4.68 Å². The van der Waals surface area contributed by atoms with E-state index in [-0.39, 0.29) is 23.9 Å². The third kappa shape index (κ3) is 5.65. The van der Waals surface area contributed by atoms with Crippen LogP contribution in [0.2, 0.25) is 0 Å². The Labute approximate surface area is 166 Å². The first kappa shape index (κ1) is 21.1. The van der Waals surface area contributed by atoms with E-state index >= 15 is 0 Å². The highest BCUT2D eigenvalue weighted by Crippen LogP contribution is 2.21. The number of hydrogen-bond acceptors (Lipinski definition) is 4. The molecule has 0 aliphatic carbocycles. The van der Waals surface area contributed by atoms with E-state index in [1.165, 1.54) is 10.7 Å². The fourth-order valence-corrected chi connectivity index (χ4v) is 3.37. The van der Waals surface area contributed by atoms with E-state index in [2.05, 4.69) is 10.4 Å². The molecule has 146 valence electrons. The zero-order valence-electron chi connectivity index (χ0n) is 15.6. The number of nitrogens with zero attached hydrogens (tertiary/aromatic N) is 3. The van der Waals surface area contributed by atoms with E-state index < -0.39 is 0 Å². The van der Waals surface area contributed by atoms with Gasteiger partial charge in [0.2, 0.25) is 0 Å². The van der Waals surface area contributed by atoms with E-state index in [1.54, 1.807) is 6.07 Å². The van der Waals surface area contributed by atoms with Crippen molar-refractivity contribution >= 4 is 18.3 Å². The standard InChI is InChI=1S/C20H26N4O2.ClH/c1-21-12-9-16-10-13-23(14-11-16)20(26)18-7-8-19(25)24(22-18)15-17-5-3-2-4-6-17;/h2-8,16,21H,9-15H2,1H3;1H. The highest BCUT2D eigenvalue weighted by atomic mass is 35.5. The summed E-state index contributed by atoms with van der Waals surface area (Å²) < 4.78 is 1.36. The first-order valence-corrected chi connectivity index (χ1v) is 9.23. The summed E-state index contributed by atoms with van der Waals surface area (Å²) in [6.45, 7) is 2.90. The summed E-state index contributed by atoms with van der Waals surface area (Å²) in [6.07, 6.45) is 3.20. The molecular formula is C20H27ClN4O2. The van der Waals surface area contributed by atoms with Crippen LogP contribution < -0.4 is 10.9 Å². The number of rotatable bonds is 6. The summed E-state index contributed by atoms with van der Waals surface area (Å²) >= 11 is 0. The lowest BCUT2D eigenvalue weighted by molar-refractivity contribution is 0.0678. The maximum Gasteiger partial charge on any atom is 0.274 e. The van der Waals surface area contributed by atoms with E-state index in [4.69, 9.17) is 0 Å². The van der Waals surface area contributed by atoms with Crippen LogP contribution in [0.25, 0.3) is 0 Å². The molecule has 1 aromatic heterocycles. The van der Waals surface area contributed by atoms with Crippen molar-refractivity contribution in [2.24, 2.45) is 5.92 Å². The number of carbonyl (C=O) groups excluding carboxylic acids is 1. The number of benzene rings is 1. The van der Waals surface area contributed by atoms with E-state index in [1.807, 2.05) is 42.3 Å². The van der Waals surface area contributed by atoms with Crippen LogP contribution in [0.4, 0.5) is 0 Å². The van der Waals surface area contributed by atoms with E-state index in [0.29, 0.717) is 18.2 Å². The molecule has 1 aromatic carbocycles. The molecule has 1 aliphatic rings. The Balaban J connectivity index is 0.00000261. The van der Waals surface area contributed by atoms with Crippen molar-refractivity contribution < 1.29 is 4.79 Å². The van der Waals surface area contributed by atoms with Crippen LogP contribution in [0.3, 0.4) is 0 Å². The van der Waals surface area contributed by atoms with Crippen molar-refractivity contribution in [3.63, 3.8) is 0 Å². The summed E-state index contributed by atoms with van der Waals surface area (Å²) in [5.41, 5.74) is 1.13. The van der Waals surface area contributed by atoms with E-state index in [9.17, 15) is 9.59 Å². The van der Waals surface area contributed by atoms with Crippen LogP contribution in [0.5, 0.6) is 0 Å². The first-order chi connectivity index (χ1) is 12.7. The molecule has 0 radical (unpaired) electrons. The Bertz CT molecular complexity index is 786. The molecule has 3 rings (SSSR count). The molecule has 1 saturated heterocycles. The van der Waals surface area contributed by atoms with Crippen LogP contribution in [-0.2, 0) is 6.54 Å². The van der Waals surface area contributed by atoms with Crippen LogP contribution in [0.1, 0.15) is 35.3 Å². The van der Waals surface area contributed by atoms with Gasteiger partial charge in [-0.05, 0) is 50.4 Å². The van der Waals surface area contributed by atoms with Gasteiger partial charge in [0.15, 0.2) is 0 Å². The number of hydrogen-bond donors (Lipinski definition) is 1. The van der Waals surface area contributed by atoms with Crippen molar-refractivity contribution in [3.05, 3.63) is 64.1 Å². The zero-order valence-corrected chi connectivity index (χ0v) is 16.5. The van der Waals surface area contributed by atoms with Crippen LogP contribution in [0.15, 0.2) is 47.3 Å². The monoisotopic (exact) mass is 390 g/mol. The Morgan fingerprint density at radius 1 is 1.15 bits per heavy atom. The number of likely N-dealkylation sites (tertiary alicyclic amines) is 1. The lowest BCUT2D eigenvalue weighted by Crippen LogP contribution is -2.40. The van der Waals surface area contributed by atoms with Crippen molar-refractivity contribution in [2.75, 3.05) is 26.7 Å². The second-order valence-corrected chi connectivity index (χ2v) is 6.83. The fraction of sp³-hybridized carbons (Fsp3) is 0.450. The molecule has 2 aromatic rings. The number of aromatic nitrogens is 2. The number of piperidine rings is 1. The highest BCUT2D eigenvalue weighted by Gasteiger charge is 2.24. The second-order valence-electron chi connectivity index (χ2n) is 6.83. The summed E-state index contributed by atoms with van der Waals surface area (Å²) in [5.74, 6) is 0.588. The summed E-state index contributed by atoms with van der Waals surface area (Å²) in [6, 6.07) is 12.6. The molecular weight excluding hydrogens is 364 g/mol. The summed E-state index contributed by atoms with van der Waals surface area (Å²) in [4.78, 5) is 26.7. The van der Waals surface area contributed by atoms with Gasteiger partial charge in [-0.2, -0.15) is 5.10 Å². The molecule has 6 nitrogen and oxygen atoms in total. The molecule has 1 N–H and O–H groups in total. The topological polar surface area (TPSA) is 67.2 Å². The number of carbonyl (C=O) groups is 1. The van der Waals surface area contributed by atoms with Crippen LogP contribution in [0, 0.1) is 5.92 Å². The van der Waals surface area contributed by atoms with Crippen LogP contribution in [-0.4, -0.2) is 47.3 Å². The first-order valence-electron chi connectivity index (χ1n) is 9.23.